The summed E-state index contributed by atoms with van der Waals surface area (Å²) in [6.45, 7) is 6.88. The average Bonchev–Trinajstić information content (AvgIpc) is 2.87. The quantitative estimate of drug-likeness (QED) is 0.713. The van der Waals surface area contributed by atoms with Gasteiger partial charge in [-0.2, -0.15) is 0 Å². The minimum Gasteiger partial charge on any atom is -0.394 e. The molecule has 1 unspecified atom stereocenters. The fourth-order valence-corrected chi connectivity index (χ4v) is 2.96. The van der Waals surface area contributed by atoms with Crippen LogP contribution in [0.1, 0.15) is 63.1 Å². The number of aromatic nitrogens is 1. The summed E-state index contributed by atoms with van der Waals surface area (Å²) in [5.41, 5.74) is 4.27. The molecule has 1 aromatic carbocycles. The van der Waals surface area contributed by atoms with Gasteiger partial charge in [0.15, 0.2) is 5.78 Å². The van der Waals surface area contributed by atoms with E-state index in [-0.39, 0.29) is 18.3 Å². The van der Waals surface area contributed by atoms with Gasteiger partial charge in [-0.3, -0.25) is 9.59 Å². The molecule has 0 radical (unpaired) electrons. The molecule has 0 saturated heterocycles. The van der Waals surface area contributed by atoms with Crippen LogP contribution in [0.15, 0.2) is 24.3 Å². The van der Waals surface area contributed by atoms with E-state index in [1.165, 1.54) is 12.5 Å². The van der Waals surface area contributed by atoms with Crippen LogP contribution >= 0.6 is 0 Å². The number of benzene rings is 1. The minimum absolute atomic E-state index is 0.0748. The molecular weight excluding hydrogens is 304 g/mol. The van der Waals surface area contributed by atoms with Crippen LogP contribution < -0.4 is 5.32 Å². The van der Waals surface area contributed by atoms with E-state index < -0.39 is 6.04 Å². The molecule has 0 fully saturated rings. The standard InChI is InChI=1S/C19H24N2O3/c1-5-14-6-8-15(9-7-14)16(10-22)21-19(24)18-11(2)17(13(4)23)12(3)20-18/h6-9,16,20,22H,5,10H2,1-4H3,(H,21,24). The highest BCUT2D eigenvalue weighted by Gasteiger charge is 2.22. The van der Waals surface area contributed by atoms with Crippen LogP contribution in [0.25, 0.3) is 0 Å². The van der Waals surface area contributed by atoms with Crippen LogP contribution in [0.3, 0.4) is 0 Å². The van der Waals surface area contributed by atoms with Gasteiger partial charge in [0, 0.05) is 11.3 Å². The lowest BCUT2D eigenvalue weighted by Gasteiger charge is -2.17. The second kappa shape index (κ2) is 7.45. The van der Waals surface area contributed by atoms with E-state index in [4.69, 9.17) is 0 Å². The Bertz CT molecular complexity index is 745. The van der Waals surface area contributed by atoms with E-state index in [2.05, 4.69) is 17.2 Å². The summed E-state index contributed by atoms with van der Waals surface area (Å²) in [7, 11) is 0. The molecule has 0 aliphatic carbocycles. The smallest absolute Gasteiger partial charge is 0.268 e. The van der Waals surface area contributed by atoms with E-state index in [1.54, 1.807) is 13.8 Å². The molecule has 1 amide bonds. The molecular formula is C19H24N2O3. The lowest BCUT2D eigenvalue weighted by atomic mass is 10.0. The molecule has 0 bridgehead atoms. The topological polar surface area (TPSA) is 82.2 Å². The molecule has 5 heteroatoms. The number of rotatable bonds is 6. The maximum absolute atomic E-state index is 12.6. The van der Waals surface area contributed by atoms with Crippen molar-refractivity contribution in [3.8, 4) is 0 Å². The predicted molar refractivity (Wildman–Crippen MR) is 93.4 cm³/mol. The summed E-state index contributed by atoms with van der Waals surface area (Å²) in [4.78, 5) is 27.2. The van der Waals surface area contributed by atoms with Crippen molar-refractivity contribution in [1.29, 1.82) is 0 Å². The monoisotopic (exact) mass is 328 g/mol. The number of Topliss-reactive ketones (excluding diaryl/α,β-unsaturated/α-hetero) is 1. The van der Waals surface area contributed by atoms with Gasteiger partial charge in [0.25, 0.3) is 5.91 Å². The number of aromatic amines is 1. The highest BCUT2D eigenvalue weighted by molar-refractivity contribution is 6.02. The first-order valence-corrected chi connectivity index (χ1v) is 8.09. The van der Waals surface area contributed by atoms with Crippen LogP contribution in [0, 0.1) is 13.8 Å². The molecule has 3 N–H and O–H groups in total. The number of aliphatic hydroxyl groups excluding tert-OH is 1. The van der Waals surface area contributed by atoms with Gasteiger partial charge in [-0.25, -0.2) is 0 Å². The molecule has 128 valence electrons. The SMILES string of the molecule is CCc1ccc(C(CO)NC(=O)c2[nH]c(C)c(C(C)=O)c2C)cc1. The fraction of sp³-hybridized carbons (Fsp3) is 0.368. The Kier molecular flexibility index (Phi) is 5.57. The number of hydrogen-bond donors (Lipinski definition) is 3. The number of amides is 1. The zero-order valence-electron chi connectivity index (χ0n) is 14.6. The van der Waals surface area contributed by atoms with Crippen molar-refractivity contribution < 1.29 is 14.7 Å². The second-order valence-corrected chi connectivity index (χ2v) is 5.98. The van der Waals surface area contributed by atoms with Crippen LogP contribution in [0.5, 0.6) is 0 Å². The summed E-state index contributed by atoms with van der Waals surface area (Å²) in [6.07, 6.45) is 0.936. The molecule has 1 atom stereocenters. The summed E-state index contributed by atoms with van der Waals surface area (Å²) >= 11 is 0. The zero-order valence-corrected chi connectivity index (χ0v) is 14.6. The first kappa shape index (κ1) is 17.9. The van der Waals surface area contributed by atoms with Crippen molar-refractivity contribution in [1.82, 2.24) is 10.3 Å². The maximum atomic E-state index is 12.6. The van der Waals surface area contributed by atoms with Crippen LogP contribution in [-0.4, -0.2) is 28.4 Å². The van der Waals surface area contributed by atoms with Gasteiger partial charge >= 0.3 is 0 Å². The summed E-state index contributed by atoms with van der Waals surface area (Å²) in [5.74, 6) is -0.407. The lowest BCUT2D eigenvalue weighted by molar-refractivity contribution is 0.0911. The van der Waals surface area contributed by atoms with Crippen molar-refractivity contribution in [2.45, 2.75) is 40.2 Å². The highest BCUT2D eigenvalue weighted by atomic mass is 16.3. The molecule has 0 aliphatic heterocycles. The highest BCUT2D eigenvalue weighted by Crippen LogP contribution is 2.20. The maximum Gasteiger partial charge on any atom is 0.268 e. The Morgan fingerprint density at radius 2 is 1.83 bits per heavy atom. The molecule has 2 aromatic rings. The Hall–Kier alpha value is -2.40. The van der Waals surface area contributed by atoms with E-state index in [1.807, 2.05) is 24.3 Å². The number of aliphatic hydroxyl groups is 1. The van der Waals surface area contributed by atoms with Crippen molar-refractivity contribution in [2.75, 3.05) is 6.61 Å². The number of hydrogen-bond acceptors (Lipinski definition) is 3. The summed E-state index contributed by atoms with van der Waals surface area (Å²) < 4.78 is 0. The Balaban J connectivity index is 2.23. The minimum atomic E-state index is -0.493. The average molecular weight is 328 g/mol. The zero-order chi connectivity index (χ0) is 17.9. The van der Waals surface area contributed by atoms with Gasteiger partial charge in [-0.05, 0) is 43.9 Å². The summed E-state index contributed by atoms with van der Waals surface area (Å²) in [6, 6.07) is 7.30. The van der Waals surface area contributed by atoms with Crippen LogP contribution in [-0.2, 0) is 6.42 Å². The molecule has 24 heavy (non-hydrogen) atoms. The molecule has 1 heterocycles. The molecule has 0 aliphatic rings. The normalized spacial score (nSPS) is 12.0. The molecule has 1 aromatic heterocycles. The van der Waals surface area contributed by atoms with Gasteiger partial charge in [-0.15, -0.1) is 0 Å². The van der Waals surface area contributed by atoms with Crippen molar-refractivity contribution in [3.05, 3.63) is 57.9 Å². The van der Waals surface area contributed by atoms with Gasteiger partial charge < -0.3 is 15.4 Å². The number of ketones is 1. The number of nitrogens with one attached hydrogen (secondary N) is 2. The van der Waals surface area contributed by atoms with Gasteiger partial charge in [0.05, 0.1) is 12.6 Å². The van der Waals surface area contributed by atoms with E-state index in [0.29, 0.717) is 22.5 Å². The number of carbonyl (C=O) groups excluding carboxylic acids is 2. The van der Waals surface area contributed by atoms with Crippen molar-refractivity contribution in [2.24, 2.45) is 0 Å². The third kappa shape index (κ3) is 3.57. The summed E-state index contributed by atoms with van der Waals surface area (Å²) in [5, 5.41) is 12.5. The Morgan fingerprint density at radius 1 is 1.21 bits per heavy atom. The van der Waals surface area contributed by atoms with Crippen molar-refractivity contribution in [3.63, 3.8) is 0 Å². The first-order chi connectivity index (χ1) is 11.4. The fourth-order valence-electron chi connectivity index (χ4n) is 2.96. The number of H-pyrrole nitrogens is 1. The first-order valence-electron chi connectivity index (χ1n) is 8.09. The molecule has 5 nitrogen and oxygen atoms in total. The van der Waals surface area contributed by atoms with Gasteiger partial charge in [-0.1, -0.05) is 31.2 Å². The van der Waals surface area contributed by atoms with Crippen LogP contribution in [0.2, 0.25) is 0 Å². The molecule has 0 spiro atoms. The van der Waals surface area contributed by atoms with Gasteiger partial charge in [0.2, 0.25) is 0 Å². The van der Waals surface area contributed by atoms with E-state index in [9.17, 15) is 14.7 Å². The lowest BCUT2D eigenvalue weighted by Crippen LogP contribution is -2.31. The van der Waals surface area contributed by atoms with E-state index in [0.717, 1.165) is 12.0 Å². The number of carbonyl (C=O) groups is 2. The number of aryl methyl sites for hydroxylation is 2. The third-order valence-corrected chi connectivity index (χ3v) is 4.29. The van der Waals surface area contributed by atoms with E-state index >= 15 is 0 Å². The molecule has 0 saturated carbocycles. The van der Waals surface area contributed by atoms with Gasteiger partial charge in [0.1, 0.15) is 5.69 Å². The predicted octanol–water partition coefficient (Wildman–Crippen LogP) is 2.86. The van der Waals surface area contributed by atoms with Crippen molar-refractivity contribution >= 4 is 11.7 Å². The second-order valence-electron chi connectivity index (χ2n) is 5.98. The largest absolute Gasteiger partial charge is 0.394 e. The Labute approximate surface area is 142 Å². The van der Waals surface area contributed by atoms with Crippen LogP contribution in [0.4, 0.5) is 0 Å². The molecule has 2 rings (SSSR count). The third-order valence-electron chi connectivity index (χ3n) is 4.29. The Morgan fingerprint density at radius 3 is 2.29 bits per heavy atom.